The second-order valence-corrected chi connectivity index (χ2v) is 4.75. The summed E-state index contributed by atoms with van der Waals surface area (Å²) in [5.74, 6) is 1.76. The lowest BCUT2D eigenvalue weighted by Crippen LogP contribution is -2.08. The van der Waals surface area contributed by atoms with Crippen LogP contribution in [0.15, 0.2) is 52.0 Å². The van der Waals surface area contributed by atoms with Gasteiger partial charge in [-0.3, -0.25) is 0 Å². The van der Waals surface area contributed by atoms with Crippen LogP contribution in [0.25, 0.3) is 0 Å². The molecule has 2 aromatic rings. The summed E-state index contributed by atoms with van der Waals surface area (Å²) in [6.45, 7) is 0.524. The Morgan fingerprint density at radius 3 is 2.76 bits per heavy atom. The van der Waals surface area contributed by atoms with Crippen molar-refractivity contribution in [2.45, 2.75) is 10.1 Å². The molecule has 0 aliphatic heterocycles. The van der Waals surface area contributed by atoms with Crippen molar-refractivity contribution in [1.82, 2.24) is 0 Å². The van der Waals surface area contributed by atoms with Gasteiger partial charge in [0.2, 0.25) is 0 Å². The molecule has 0 spiro atoms. The fourth-order valence-corrected chi connectivity index (χ4v) is 2.64. The third-order valence-electron chi connectivity index (χ3n) is 2.41. The van der Waals surface area contributed by atoms with Gasteiger partial charge < -0.3 is 14.9 Å². The third kappa shape index (κ3) is 2.84. The Balaban J connectivity index is 2.18. The Bertz CT molecular complexity index is 456. The van der Waals surface area contributed by atoms with E-state index in [9.17, 15) is 0 Å². The van der Waals surface area contributed by atoms with Crippen LogP contribution in [0.5, 0.6) is 5.75 Å². The van der Waals surface area contributed by atoms with Crippen LogP contribution in [0.1, 0.15) is 11.0 Å². The van der Waals surface area contributed by atoms with E-state index < -0.39 is 0 Å². The molecule has 1 aromatic carbocycles. The van der Waals surface area contributed by atoms with Gasteiger partial charge >= 0.3 is 0 Å². The number of nitrogens with two attached hydrogens (primary N) is 1. The quantitative estimate of drug-likeness (QED) is 0.827. The standard InChI is InChI=1S/C13H15NO2S/c1-15-10-5-2-3-7-12(10)17-13(9-14)11-6-4-8-16-11/h2-8,13H,9,14H2,1H3. The maximum Gasteiger partial charge on any atom is 0.132 e. The number of thioether (sulfide) groups is 1. The summed E-state index contributed by atoms with van der Waals surface area (Å²) in [4.78, 5) is 1.07. The number of hydrogen-bond acceptors (Lipinski definition) is 4. The molecule has 0 radical (unpaired) electrons. The molecule has 3 nitrogen and oxygen atoms in total. The van der Waals surface area contributed by atoms with Crippen molar-refractivity contribution in [3.05, 3.63) is 48.4 Å². The minimum absolute atomic E-state index is 0.112. The SMILES string of the molecule is COc1ccccc1SC(CN)c1ccco1. The minimum Gasteiger partial charge on any atom is -0.496 e. The Morgan fingerprint density at radius 1 is 1.29 bits per heavy atom. The predicted octanol–water partition coefficient (Wildman–Crippen LogP) is 3.08. The monoisotopic (exact) mass is 249 g/mol. The molecule has 0 aliphatic rings. The number of hydrogen-bond donors (Lipinski definition) is 1. The molecular formula is C13H15NO2S. The molecule has 2 rings (SSSR count). The van der Waals surface area contributed by atoms with Crippen molar-refractivity contribution in [3.63, 3.8) is 0 Å². The molecule has 2 N–H and O–H groups in total. The average Bonchev–Trinajstić information content (AvgIpc) is 2.90. The molecule has 1 aromatic heterocycles. The van der Waals surface area contributed by atoms with Crippen LogP contribution in [0, 0.1) is 0 Å². The molecule has 1 unspecified atom stereocenters. The molecule has 4 heteroatoms. The Labute approximate surface area is 105 Å². The molecule has 1 atom stereocenters. The van der Waals surface area contributed by atoms with Crippen LogP contribution >= 0.6 is 11.8 Å². The lowest BCUT2D eigenvalue weighted by molar-refractivity contribution is 0.404. The summed E-state index contributed by atoms with van der Waals surface area (Å²) < 4.78 is 10.7. The van der Waals surface area contributed by atoms with Gasteiger partial charge in [-0.2, -0.15) is 0 Å². The fraction of sp³-hybridized carbons (Fsp3) is 0.231. The van der Waals surface area contributed by atoms with E-state index in [1.165, 1.54) is 0 Å². The zero-order chi connectivity index (χ0) is 12.1. The summed E-state index contributed by atoms with van der Waals surface area (Å²) >= 11 is 1.65. The van der Waals surface area contributed by atoms with Gasteiger partial charge in [-0.15, -0.1) is 11.8 Å². The molecule has 0 aliphatic carbocycles. The summed E-state index contributed by atoms with van der Waals surface area (Å²) in [5, 5.41) is 0.112. The highest BCUT2D eigenvalue weighted by atomic mass is 32.2. The zero-order valence-electron chi connectivity index (χ0n) is 9.63. The van der Waals surface area contributed by atoms with E-state index in [4.69, 9.17) is 14.9 Å². The second-order valence-electron chi connectivity index (χ2n) is 3.51. The minimum atomic E-state index is 0.112. The third-order valence-corrected chi connectivity index (χ3v) is 3.71. The zero-order valence-corrected chi connectivity index (χ0v) is 10.4. The van der Waals surface area contributed by atoms with Gasteiger partial charge in [0.25, 0.3) is 0 Å². The molecule has 0 saturated heterocycles. The highest BCUT2D eigenvalue weighted by Gasteiger charge is 2.16. The number of ether oxygens (including phenoxy) is 1. The normalized spacial score (nSPS) is 12.4. The van der Waals surface area contributed by atoms with Crippen molar-refractivity contribution in [1.29, 1.82) is 0 Å². The van der Waals surface area contributed by atoms with Crippen molar-refractivity contribution in [3.8, 4) is 5.75 Å². The number of methoxy groups -OCH3 is 1. The number of rotatable bonds is 5. The van der Waals surface area contributed by atoms with Gasteiger partial charge in [-0.1, -0.05) is 12.1 Å². The number of para-hydroxylation sites is 1. The first-order valence-corrected chi connectivity index (χ1v) is 6.26. The smallest absolute Gasteiger partial charge is 0.132 e. The first kappa shape index (κ1) is 12.1. The highest BCUT2D eigenvalue weighted by Crippen LogP contribution is 2.39. The van der Waals surface area contributed by atoms with E-state index >= 15 is 0 Å². The Hall–Kier alpha value is -1.39. The van der Waals surface area contributed by atoms with E-state index in [0.29, 0.717) is 6.54 Å². The van der Waals surface area contributed by atoms with Crippen LogP contribution < -0.4 is 10.5 Å². The van der Waals surface area contributed by atoms with Crippen molar-refractivity contribution in [2.75, 3.05) is 13.7 Å². The van der Waals surface area contributed by atoms with Crippen LogP contribution in [-0.2, 0) is 0 Å². The van der Waals surface area contributed by atoms with Gasteiger partial charge in [0.05, 0.1) is 23.5 Å². The van der Waals surface area contributed by atoms with Crippen LogP contribution in [-0.4, -0.2) is 13.7 Å². The molecule has 0 fully saturated rings. The van der Waals surface area contributed by atoms with Crippen molar-refractivity contribution < 1.29 is 9.15 Å². The van der Waals surface area contributed by atoms with Crippen molar-refractivity contribution >= 4 is 11.8 Å². The van der Waals surface area contributed by atoms with E-state index in [1.54, 1.807) is 25.1 Å². The molecule has 17 heavy (non-hydrogen) atoms. The fourth-order valence-electron chi connectivity index (χ4n) is 1.57. The number of benzene rings is 1. The summed E-state index contributed by atoms with van der Waals surface area (Å²) in [6.07, 6.45) is 1.67. The van der Waals surface area contributed by atoms with Gasteiger partial charge in [-0.05, 0) is 24.3 Å². The van der Waals surface area contributed by atoms with E-state index in [2.05, 4.69) is 0 Å². The highest BCUT2D eigenvalue weighted by molar-refractivity contribution is 7.99. The van der Waals surface area contributed by atoms with E-state index in [1.807, 2.05) is 36.4 Å². The Morgan fingerprint density at radius 2 is 2.12 bits per heavy atom. The Kier molecular flexibility index (Phi) is 4.12. The van der Waals surface area contributed by atoms with Crippen LogP contribution in [0.3, 0.4) is 0 Å². The van der Waals surface area contributed by atoms with Gasteiger partial charge in [-0.25, -0.2) is 0 Å². The van der Waals surface area contributed by atoms with Gasteiger partial charge in [0, 0.05) is 6.54 Å². The number of furan rings is 1. The summed E-state index contributed by atoms with van der Waals surface area (Å²) in [6, 6.07) is 11.7. The van der Waals surface area contributed by atoms with Gasteiger partial charge in [0.1, 0.15) is 11.5 Å². The topological polar surface area (TPSA) is 48.4 Å². The molecule has 0 saturated carbocycles. The maximum atomic E-state index is 5.78. The summed E-state index contributed by atoms with van der Waals surface area (Å²) in [7, 11) is 1.67. The lowest BCUT2D eigenvalue weighted by atomic mass is 10.3. The molecule has 0 bridgehead atoms. The van der Waals surface area contributed by atoms with E-state index in [-0.39, 0.29) is 5.25 Å². The lowest BCUT2D eigenvalue weighted by Gasteiger charge is -2.14. The molecular weight excluding hydrogens is 234 g/mol. The van der Waals surface area contributed by atoms with E-state index in [0.717, 1.165) is 16.4 Å². The predicted molar refractivity (Wildman–Crippen MR) is 69.4 cm³/mol. The first-order chi connectivity index (χ1) is 8.35. The largest absolute Gasteiger partial charge is 0.496 e. The second kappa shape index (κ2) is 5.80. The molecule has 0 amide bonds. The maximum absolute atomic E-state index is 5.78. The van der Waals surface area contributed by atoms with Gasteiger partial charge in [0.15, 0.2) is 0 Å². The van der Waals surface area contributed by atoms with Crippen molar-refractivity contribution in [2.24, 2.45) is 5.73 Å². The molecule has 90 valence electrons. The van der Waals surface area contributed by atoms with Crippen LogP contribution in [0.2, 0.25) is 0 Å². The first-order valence-electron chi connectivity index (χ1n) is 5.38. The molecule has 1 heterocycles. The van der Waals surface area contributed by atoms with Crippen LogP contribution in [0.4, 0.5) is 0 Å². The average molecular weight is 249 g/mol. The summed E-state index contributed by atoms with van der Waals surface area (Å²) in [5.41, 5.74) is 5.78.